The van der Waals surface area contributed by atoms with Crippen LogP contribution in [-0.2, 0) is 6.54 Å². The van der Waals surface area contributed by atoms with Crippen molar-refractivity contribution in [1.29, 1.82) is 0 Å². The molecule has 1 aromatic heterocycles. The Morgan fingerprint density at radius 2 is 2.17 bits per heavy atom. The minimum atomic E-state index is -0.744. The summed E-state index contributed by atoms with van der Waals surface area (Å²) in [4.78, 5) is 4.07. The Morgan fingerprint density at radius 1 is 1.39 bits per heavy atom. The number of aryl methyl sites for hydroxylation is 1. The molecule has 0 amide bonds. The second kappa shape index (κ2) is 5.35. The standard InChI is InChI=1S/C12H12ClF2N3/c1-2-4-18-5-3-16-12(18)17-11-9(13)6-8(14)7-10(11)15/h3,5-7H,2,4H2,1H3,(H,16,17). The van der Waals surface area contributed by atoms with Gasteiger partial charge in [-0.05, 0) is 12.5 Å². The molecule has 96 valence electrons. The normalized spacial score (nSPS) is 10.7. The number of hydrogen-bond acceptors (Lipinski definition) is 2. The molecular formula is C12H12ClF2N3. The van der Waals surface area contributed by atoms with Crippen molar-refractivity contribution in [2.45, 2.75) is 19.9 Å². The highest BCUT2D eigenvalue weighted by atomic mass is 35.5. The van der Waals surface area contributed by atoms with Crippen molar-refractivity contribution >= 4 is 23.2 Å². The number of anilines is 2. The molecule has 3 nitrogen and oxygen atoms in total. The van der Waals surface area contributed by atoms with Gasteiger partial charge in [0, 0.05) is 25.0 Å². The fourth-order valence-electron chi connectivity index (χ4n) is 1.63. The molecular weight excluding hydrogens is 260 g/mol. The molecule has 2 rings (SSSR count). The van der Waals surface area contributed by atoms with Crippen molar-refractivity contribution in [3.05, 3.63) is 41.2 Å². The van der Waals surface area contributed by atoms with Gasteiger partial charge in [-0.25, -0.2) is 13.8 Å². The van der Waals surface area contributed by atoms with Crippen LogP contribution in [0.2, 0.25) is 5.02 Å². The van der Waals surface area contributed by atoms with E-state index < -0.39 is 11.6 Å². The van der Waals surface area contributed by atoms with E-state index in [0.717, 1.165) is 25.1 Å². The minimum absolute atomic E-state index is 0.0152. The van der Waals surface area contributed by atoms with E-state index in [1.165, 1.54) is 0 Å². The van der Waals surface area contributed by atoms with E-state index in [1.807, 2.05) is 11.5 Å². The molecule has 0 unspecified atom stereocenters. The monoisotopic (exact) mass is 271 g/mol. The van der Waals surface area contributed by atoms with Gasteiger partial charge in [0.25, 0.3) is 0 Å². The van der Waals surface area contributed by atoms with Crippen LogP contribution in [-0.4, -0.2) is 9.55 Å². The smallest absolute Gasteiger partial charge is 0.207 e. The highest BCUT2D eigenvalue weighted by Gasteiger charge is 2.12. The van der Waals surface area contributed by atoms with Crippen LogP contribution >= 0.6 is 11.6 Å². The summed E-state index contributed by atoms with van der Waals surface area (Å²) in [6.45, 7) is 2.78. The summed E-state index contributed by atoms with van der Waals surface area (Å²) in [6, 6.07) is 1.83. The van der Waals surface area contributed by atoms with Crippen LogP contribution in [0.15, 0.2) is 24.5 Å². The topological polar surface area (TPSA) is 29.9 Å². The minimum Gasteiger partial charge on any atom is -0.322 e. The number of benzene rings is 1. The highest BCUT2D eigenvalue weighted by molar-refractivity contribution is 6.33. The molecule has 0 aliphatic rings. The van der Waals surface area contributed by atoms with Gasteiger partial charge in [-0.15, -0.1) is 0 Å². The molecule has 0 fully saturated rings. The Balaban J connectivity index is 2.31. The number of nitrogens with zero attached hydrogens (tertiary/aromatic N) is 2. The van der Waals surface area contributed by atoms with Crippen LogP contribution in [0.4, 0.5) is 20.4 Å². The summed E-state index contributed by atoms with van der Waals surface area (Å²) in [5.41, 5.74) is 0.0293. The largest absolute Gasteiger partial charge is 0.322 e. The Morgan fingerprint density at radius 3 is 2.83 bits per heavy atom. The third-order valence-electron chi connectivity index (χ3n) is 2.42. The molecule has 0 atom stereocenters. The first kappa shape index (κ1) is 12.8. The first-order valence-electron chi connectivity index (χ1n) is 5.54. The van der Waals surface area contributed by atoms with E-state index >= 15 is 0 Å². The lowest BCUT2D eigenvalue weighted by Crippen LogP contribution is -2.04. The third kappa shape index (κ3) is 2.61. The van der Waals surface area contributed by atoms with Crippen molar-refractivity contribution in [3.8, 4) is 0 Å². The zero-order chi connectivity index (χ0) is 13.1. The lowest BCUT2D eigenvalue weighted by Gasteiger charge is -2.11. The van der Waals surface area contributed by atoms with Gasteiger partial charge in [0.15, 0.2) is 5.82 Å². The lowest BCUT2D eigenvalue weighted by molar-refractivity contribution is 0.585. The molecule has 6 heteroatoms. The Hall–Kier alpha value is -1.62. The third-order valence-corrected chi connectivity index (χ3v) is 2.72. The fourth-order valence-corrected chi connectivity index (χ4v) is 1.87. The van der Waals surface area contributed by atoms with Crippen molar-refractivity contribution in [2.75, 3.05) is 5.32 Å². The van der Waals surface area contributed by atoms with Crippen LogP contribution in [0.3, 0.4) is 0 Å². The maximum Gasteiger partial charge on any atom is 0.207 e. The second-order valence-electron chi connectivity index (χ2n) is 3.81. The number of aromatic nitrogens is 2. The van der Waals surface area contributed by atoms with Crippen molar-refractivity contribution in [1.82, 2.24) is 9.55 Å². The predicted octanol–water partition coefficient (Wildman–Crippen LogP) is 3.97. The van der Waals surface area contributed by atoms with Gasteiger partial charge >= 0.3 is 0 Å². The Bertz CT molecular complexity index is 531. The molecule has 1 N–H and O–H groups in total. The van der Waals surface area contributed by atoms with Gasteiger partial charge in [0.2, 0.25) is 5.95 Å². The van der Waals surface area contributed by atoms with Gasteiger partial charge in [-0.2, -0.15) is 0 Å². The summed E-state index contributed by atoms with van der Waals surface area (Å²) >= 11 is 5.80. The van der Waals surface area contributed by atoms with E-state index in [0.29, 0.717) is 5.95 Å². The van der Waals surface area contributed by atoms with E-state index in [1.54, 1.807) is 12.4 Å². The lowest BCUT2D eigenvalue weighted by atomic mass is 10.3. The summed E-state index contributed by atoms with van der Waals surface area (Å²) in [5, 5.41) is 2.76. The number of rotatable bonds is 4. The van der Waals surface area contributed by atoms with Crippen LogP contribution in [0.25, 0.3) is 0 Å². The molecule has 0 saturated heterocycles. The summed E-state index contributed by atoms with van der Waals surface area (Å²) in [6.07, 6.45) is 4.30. The second-order valence-corrected chi connectivity index (χ2v) is 4.22. The number of imidazole rings is 1. The first-order chi connectivity index (χ1) is 8.61. The predicted molar refractivity (Wildman–Crippen MR) is 67.2 cm³/mol. The summed E-state index contributed by atoms with van der Waals surface area (Å²) in [7, 11) is 0. The Labute approximate surface area is 108 Å². The van der Waals surface area contributed by atoms with Crippen LogP contribution < -0.4 is 5.32 Å². The molecule has 0 radical (unpaired) electrons. The molecule has 0 bridgehead atoms. The molecule has 2 aromatic rings. The van der Waals surface area contributed by atoms with Gasteiger partial charge < -0.3 is 9.88 Å². The maximum absolute atomic E-state index is 13.6. The zero-order valence-electron chi connectivity index (χ0n) is 9.75. The van der Waals surface area contributed by atoms with Crippen molar-refractivity contribution in [3.63, 3.8) is 0 Å². The molecule has 1 heterocycles. The first-order valence-corrected chi connectivity index (χ1v) is 5.92. The Kier molecular flexibility index (Phi) is 3.81. The molecule has 18 heavy (non-hydrogen) atoms. The number of hydrogen-bond donors (Lipinski definition) is 1. The fraction of sp³-hybridized carbons (Fsp3) is 0.250. The molecule has 0 aliphatic heterocycles. The zero-order valence-corrected chi connectivity index (χ0v) is 10.5. The van der Waals surface area contributed by atoms with E-state index in [2.05, 4.69) is 10.3 Å². The summed E-state index contributed by atoms with van der Waals surface area (Å²) in [5.74, 6) is -0.977. The van der Waals surface area contributed by atoms with E-state index in [4.69, 9.17) is 11.6 Å². The quantitative estimate of drug-likeness (QED) is 0.912. The number of nitrogens with one attached hydrogen (secondary N) is 1. The SMILES string of the molecule is CCCn1ccnc1Nc1c(F)cc(F)cc1Cl. The molecule has 0 saturated carbocycles. The maximum atomic E-state index is 13.6. The highest BCUT2D eigenvalue weighted by Crippen LogP contribution is 2.28. The average molecular weight is 272 g/mol. The van der Waals surface area contributed by atoms with Gasteiger partial charge in [0.1, 0.15) is 5.82 Å². The van der Waals surface area contributed by atoms with Crippen LogP contribution in [0.1, 0.15) is 13.3 Å². The van der Waals surface area contributed by atoms with E-state index in [9.17, 15) is 8.78 Å². The van der Waals surface area contributed by atoms with Crippen LogP contribution in [0.5, 0.6) is 0 Å². The van der Waals surface area contributed by atoms with E-state index in [-0.39, 0.29) is 10.7 Å². The molecule has 1 aromatic carbocycles. The van der Waals surface area contributed by atoms with Gasteiger partial charge in [0.05, 0.1) is 10.7 Å². The van der Waals surface area contributed by atoms with Crippen LogP contribution in [0, 0.1) is 11.6 Å². The van der Waals surface area contributed by atoms with Crippen molar-refractivity contribution in [2.24, 2.45) is 0 Å². The number of halogens is 3. The molecule has 0 spiro atoms. The average Bonchev–Trinajstić information content (AvgIpc) is 2.71. The van der Waals surface area contributed by atoms with Gasteiger partial charge in [-0.3, -0.25) is 0 Å². The molecule has 0 aliphatic carbocycles. The van der Waals surface area contributed by atoms with Crippen molar-refractivity contribution < 1.29 is 8.78 Å². The summed E-state index contributed by atoms with van der Waals surface area (Å²) < 4.78 is 28.3. The van der Waals surface area contributed by atoms with Gasteiger partial charge in [-0.1, -0.05) is 18.5 Å².